The van der Waals surface area contributed by atoms with Gasteiger partial charge in [-0.1, -0.05) is 18.3 Å². The molecule has 2 aromatic rings. The van der Waals surface area contributed by atoms with Crippen molar-refractivity contribution in [3.8, 4) is 0 Å². The highest BCUT2D eigenvalue weighted by molar-refractivity contribution is 7.22. The number of nitrogens with one attached hydrogen (secondary N) is 1. The van der Waals surface area contributed by atoms with E-state index in [1.807, 2.05) is 0 Å². The fourth-order valence-corrected chi connectivity index (χ4v) is 3.69. The summed E-state index contributed by atoms with van der Waals surface area (Å²) in [4.78, 5) is 6.71. The first kappa shape index (κ1) is 14.6. The zero-order valence-electron chi connectivity index (χ0n) is 11.6. The Morgan fingerprint density at radius 1 is 1.43 bits per heavy atom. The van der Waals surface area contributed by atoms with E-state index in [2.05, 4.69) is 22.1 Å². The molecule has 0 aliphatic carbocycles. The second-order valence-corrected chi connectivity index (χ2v) is 6.15. The molecule has 0 bridgehead atoms. The molecular weight excluding hydrogens is 299 g/mol. The van der Waals surface area contributed by atoms with Gasteiger partial charge in [-0.05, 0) is 24.6 Å². The quantitative estimate of drug-likeness (QED) is 0.919. The van der Waals surface area contributed by atoms with Crippen LogP contribution in [-0.2, 0) is 6.18 Å². The van der Waals surface area contributed by atoms with E-state index in [4.69, 9.17) is 0 Å². The third-order valence-electron chi connectivity index (χ3n) is 3.77. The van der Waals surface area contributed by atoms with Gasteiger partial charge in [0.25, 0.3) is 0 Å². The van der Waals surface area contributed by atoms with Gasteiger partial charge in [-0.2, -0.15) is 13.2 Å². The van der Waals surface area contributed by atoms with Crippen molar-refractivity contribution in [2.75, 3.05) is 24.5 Å². The molecule has 2 heterocycles. The zero-order valence-corrected chi connectivity index (χ0v) is 12.4. The maximum Gasteiger partial charge on any atom is 0.416 e. The Morgan fingerprint density at radius 3 is 2.95 bits per heavy atom. The van der Waals surface area contributed by atoms with Crippen LogP contribution in [-0.4, -0.2) is 30.7 Å². The molecule has 1 aliphatic heterocycles. The van der Waals surface area contributed by atoms with Crippen molar-refractivity contribution < 1.29 is 13.2 Å². The Morgan fingerprint density at radius 2 is 2.24 bits per heavy atom. The highest BCUT2D eigenvalue weighted by Crippen LogP contribution is 2.36. The smallest absolute Gasteiger partial charge is 0.343 e. The van der Waals surface area contributed by atoms with E-state index in [9.17, 15) is 13.2 Å². The fraction of sp³-hybridized carbons (Fsp3) is 0.500. The molecule has 1 aliphatic rings. The molecule has 0 radical (unpaired) electrons. The molecule has 1 atom stereocenters. The van der Waals surface area contributed by atoms with Gasteiger partial charge in [0, 0.05) is 25.7 Å². The van der Waals surface area contributed by atoms with Crippen molar-refractivity contribution in [1.82, 2.24) is 10.3 Å². The van der Waals surface area contributed by atoms with Crippen molar-refractivity contribution in [3.63, 3.8) is 0 Å². The molecule has 3 nitrogen and oxygen atoms in total. The molecule has 0 spiro atoms. The number of aromatic nitrogens is 1. The third-order valence-corrected chi connectivity index (χ3v) is 4.83. The molecule has 1 saturated heterocycles. The first-order valence-electron chi connectivity index (χ1n) is 6.94. The van der Waals surface area contributed by atoms with Crippen molar-refractivity contribution >= 4 is 26.7 Å². The molecule has 1 aromatic carbocycles. The van der Waals surface area contributed by atoms with Gasteiger partial charge in [0.15, 0.2) is 5.13 Å². The van der Waals surface area contributed by atoms with Crippen molar-refractivity contribution in [1.29, 1.82) is 0 Å². The second kappa shape index (κ2) is 5.46. The summed E-state index contributed by atoms with van der Waals surface area (Å²) >= 11 is 1.34. The lowest BCUT2D eigenvalue weighted by molar-refractivity contribution is -0.137. The lowest BCUT2D eigenvalue weighted by Gasteiger charge is -2.35. The summed E-state index contributed by atoms with van der Waals surface area (Å²) in [5.41, 5.74) is 0.0222. The Balaban J connectivity index is 1.97. The van der Waals surface area contributed by atoms with E-state index in [0.717, 1.165) is 37.3 Å². The normalized spacial score (nSPS) is 20.2. The maximum absolute atomic E-state index is 12.8. The molecule has 0 saturated carbocycles. The third kappa shape index (κ3) is 2.85. The fourth-order valence-electron chi connectivity index (χ4n) is 2.59. The summed E-state index contributed by atoms with van der Waals surface area (Å²) < 4.78 is 38.9. The van der Waals surface area contributed by atoms with E-state index in [1.165, 1.54) is 23.5 Å². The molecule has 21 heavy (non-hydrogen) atoms. The number of nitrogens with zero attached hydrogens (tertiary/aromatic N) is 2. The van der Waals surface area contributed by atoms with Gasteiger partial charge < -0.3 is 10.2 Å². The van der Waals surface area contributed by atoms with E-state index in [-0.39, 0.29) is 0 Å². The number of anilines is 1. The first-order valence-corrected chi connectivity index (χ1v) is 7.76. The summed E-state index contributed by atoms with van der Waals surface area (Å²) in [6.45, 7) is 4.71. The number of benzene rings is 1. The average molecular weight is 315 g/mol. The zero-order chi connectivity index (χ0) is 15.0. The van der Waals surface area contributed by atoms with Gasteiger partial charge in [0.1, 0.15) is 0 Å². The monoisotopic (exact) mass is 315 g/mol. The molecule has 0 amide bonds. The van der Waals surface area contributed by atoms with Crippen molar-refractivity contribution in [3.05, 3.63) is 23.8 Å². The van der Waals surface area contributed by atoms with Crippen molar-refractivity contribution in [2.45, 2.75) is 25.6 Å². The minimum atomic E-state index is -4.31. The number of fused-ring (bicyclic) bond motifs is 1. The van der Waals surface area contributed by atoms with E-state index >= 15 is 0 Å². The number of alkyl halides is 3. The number of hydrogen-bond acceptors (Lipinski definition) is 4. The van der Waals surface area contributed by atoms with Crippen LogP contribution in [0.2, 0.25) is 0 Å². The predicted molar refractivity (Wildman–Crippen MR) is 78.9 cm³/mol. The van der Waals surface area contributed by atoms with Crippen LogP contribution in [0.25, 0.3) is 10.2 Å². The second-order valence-electron chi connectivity index (χ2n) is 5.14. The molecule has 1 fully saturated rings. The van der Waals surface area contributed by atoms with E-state index in [1.54, 1.807) is 0 Å². The number of piperazine rings is 1. The molecule has 114 valence electrons. The van der Waals surface area contributed by atoms with Crippen LogP contribution in [0.1, 0.15) is 18.9 Å². The topological polar surface area (TPSA) is 28.2 Å². The Hall–Kier alpha value is -1.34. The van der Waals surface area contributed by atoms with Crippen molar-refractivity contribution in [2.24, 2.45) is 0 Å². The summed E-state index contributed by atoms with van der Waals surface area (Å²) in [5, 5.41) is 4.15. The summed E-state index contributed by atoms with van der Waals surface area (Å²) in [5.74, 6) is 0. The van der Waals surface area contributed by atoms with Gasteiger partial charge in [-0.25, -0.2) is 4.98 Å². The summed E-state index contributed by atoms with van der Waals surface area (Å²) in [6, 6.07) is 4.10. The Labute approximate surface area is 124 Å². The van der Waals surface area contributed by atoms with Crippen LogP contribution in [0.5, 0.6) is 0 Å². The predicted octanol–water partition coefficient (Wildman–Crippen LogP) is 3.50. The minimum Gasteiger partial charge on any atom is -0.343 e. The van der Waals surface area contributed by atoms with Gasteiger partial charge in [-0.15, -0.1) is 0 Å². The Kier molecular flexibility index (Phi) is 3.79. The lowest BCUT2D eigenvalue weighted by atomic mass is 10.1. The standard InChI is InChI=1S/C14H16F3N3S/c1-2-10-8-18-5-6-20(10)13-19-11-4-3-9(14(15,16)17)7-12(11)21-13/h3-4,7,10,18H,2,5-6,8H2,1H3/t10-/m1/s1. The van der Waals surface area contributed by atoms with Crippen LogP contribution >= 0.6 is 11.3 Å². The number of rotatable bonds is 2. The van der Waals surface area contributed by atoms with Gasteiger partial charge in [0.2, 0.25) is 0 Å². The number of thiazole rings is 1. The molecule has 1 aromatic heterocycles. The number of hydrogen-bond donors (Lipinski definition) is 1. The van der Waals surface area contributed by atoms with Gasteiger partial charge >= 0.3 is 6.18 Å². The highest BCUT2D eigenvalue weighted by Gasteiger charge is 2.31. The lowest BCUT2D eigenvalue weighted by Crippen LogP contribution is -2.51. The van der Waals surface area contributed by atoms with Crippen LogP contribution in [0.3, 0.4) is 0 Å². The molecule has 7 heteroatoms. The van der Waals surface area contributed by atoms with E-state index in [0.29, 0.717) is 16.3 Å². The molecule has 1 N–H and O–H groups in total. The summed E-state index contributed by atoms with van der Waals surface area (Å²) in [7, 11) is 0. The molecule has 3 rings (SSSR count). The highest BCUT2D eigenvalue weighted by atomic mass is 32.1. The minimum absolute atomic E-state index is 0.349. The summed E-state index contributed by atoms with van der Waals surface area (Å²) in [6.07, 6.45) is -3.32. The van der Waals surface area contributed by atoms with Gasteiger partial charge in [0.05, 0.1) is 15.8 Å². The Bertz CT molecular complexity index is 638. The van der Waals surface area contributed by atoms with Crippen LogP contribution in [0.4, 0.5) is 18.3 Å². The SMILES string of the molecule is CC[C@@H]1CNCCN1c1nc2ccc(C(F)(F)F)cc2s1. The first-order chi connectivity index (χ1) is 9.99. The van der Waals surface area contributed by atoms with Gasteiger partial charge in [-0.3, -0.25) is 0 Å². The van der Waals surface area contributed by atoms with Crippen LogP contribution in [0.15, 0.2) is 18.2 Å². The molecule has 0 unspecified atom stereocenters. The van der Waals surface area contributed by atoms with Crippen LogP contribution in [0, 0.1) is 0 Å². The average Bonchev–Trinajstić information content (AvgIpc) is 2.89. The van der Waals surface area contributed by atoms with Crippen LogP contribution < -0.4 is 10.2 Å². The maximum atomic E-state index is 12.8. The largest absolute Gasteiger partial charge is 0.416 e. The molecular formula is C14H16F3N3S. The van der Waals surface area contributed by atoms with E-state index < -0.39 is 11.7 Å². The number of halogens is 3.